The van der Waals surface area contributed by atoms with Crippen LogP contribution in [0.25, 0.3) is 5.69 Å². The van der Waals surface area contributed by atoms with Crippen molar-refractivity contribution in [2.24, 2.45) is 0 Å². The molecule has 6 nitrogen and oxygen atoms in total. The Morgan fingerprint density at radius 3 is 2.84 bits per heavy atom. The number of H-pyrrole nitrogens is 1. The lowest BCUT2D eigenvalue weighted by atomic mass is 10.1. The Kier molecular flexibility index (Phi) is 3.63. The Labute approximate surface area is 144 Å². The van der Waals surface area contributed by atoms with E-state index < -0.39 is 0 Å². The molecular formula is C18H18FN5O. The Morgan fingerprint density at radius 1 is 1.32 bits per heavy atom. The predicted molar refractivity (Wildman–Crippen MR) is 91.5 cm³/mol. The number of nitrogens with zero attached hydrogens (tertiary/aromatic N) is 3. The quantitative estimate of drug-likeness (QED) is 0.764. The van der Waals surface area contributed by atoms with E-state index in [1.807, 2.05) is 6.07 Å². The third kappa shape index (κ3) is 2.93. The second-order valence-corrected chi connectivity index (χ2v) is 6.36. The maximum atomic E-state index is 13.4. The molecule has 0 aliphatic heterocycles. The molecule has 1 aromatic carbocycles. The number of aromatic nitrogens is 4. The smallest absolute Gasteiger partial charge is 0.274 e. The van der Waals surface area contributed by atoms with Crippen LogP contribution in [0.1, 0.15) is 46.2 Å². The first kappa shape index (κ1) is 15.6. The predicted octanol–water partition coefficient (Wildman–Crippen LogP) is 3.48. The summed E-state index contributed by atoms with van der Waals surface area (Å²) in [6.45, 7) is 3.53. The Balaban J connectivity index is 1.67. The molecule has 7 heteroatoms. The van der Waals surface area contributed by atoms with Crippen LogP contribution in [-0.2, 0) is 0 Å². The Hall–Kier alpha value is -2.96. The summed E-state index contributed by atoms with van der Waals surface area (Å²) in [6.07, 6.45) is 4.01. The van der Waals surface area contributed by atoms with Gasteiger partial charge in [-0.2, -0.15) is 9.67 Å². The molecule has 0 spiro atoms. The topological polar surface area (TPSA) is 75.6 Å². The molecular weight excluding hydrogens is 321 g/mol. The number of hydrogen-bond donors (Lipinski definition) is 2. The molecule has 1 saturated carbocycles. The first-order chi connectivity index (χ1) is 12.0. The highest BCUT2D eigenvalue weighted by Crippen LogP contribution is 2.41. The maximum absolute atomic E-state index is 13.4. The van der Waals surface area contributed by atoms with E-state index in [-0.39, 0.29) is 11.7 Å². The van der Waals surface area contributed by atoms with Crippen molar-refractivity contribution in [2.75, 3.05) is 5.32 Å². The van der Waals surface area contributed by atoms with Crippen LogP contribution >= 0.6 is 0 Å². The van der Waals surface area contributed by atoms with E-state index in [1.165, 1.54) is 16.8 Å². The lowest BCUT2D eigenvalue weighted by Gasteiger charge is -2.10. The number of anilines is 1. The van der Waals surface area contributed by atoms with E-state index in [9.17, 15) is 9.18 Å². The molecule has 2 aromatic heterocycles. The van der Waals surface area contributed by atoms with Gasteiger partial charge in [-0.15, -0.1) is 5.10 Å². The number of aryl methyl sites for hydroxylation is 2. The van der Waals surface area contributed by atoms with Crippen LogP contribution in [0.5, 0.6) is 0 Å². The number of nitrogens with one attached hydrogen (secondary N) is 2. The van der Waals surface area contributed by atoms with Gasteiger partial charge < -0.3 is 4.98 Å². The average molecular weight is 339 g/mol. The highest BCUT2D eigenvalue weighted by Gasteiger charge is 2.29. The van der Waals surface area contributed by atoms with Gasteiger partial charge in [0.25, 0.3) is 5.91 Å². The second kappa shape index (κ2) is 5.84. The average Bonchev–Trinajstić information content (AvgIpc) is 3.17. The zero-order valence-corrected chi connectivity index (χ0v) is 14.0. The maximum Gasteiger partial charge on any atom is 0.274 e. The van der Waals surface area contributed by atoms with Crippen LogP contribution in [0.3, 0.4) is 0 Å². The van der Waals surface area contributed by atoms with Crippen LogP contribution < -0.4 is 5.32 Å². The zero-order valence-electron chi connectivity index (χ0n) is 14.0. The normalized spacial score (nSPS) is 13.9. The summed E-state index contributed by atoms with van der Waals surface area (Å²) in [4.78, 5) is 20.0. The summed E-state index contributed by atoms with van der Waals surface area (Å²) in [7, 11) is 0. The second-order valence-electron chi connectivity index (χ2n) is 6.36. The largest absolute Gasteiger partial charge is 0.357 e. The van der Waals surface area contributed by atoms with Crippen molar-refractivity contribution in [3.05, 3.63) is 58.9 Å². The van der Waals surface area contributed by atoms with E-state index in [0.717, 1.165) is 18.4 Å². The SMILES string of the molecule is Cc1nc(NC(=O)c2[nH]ccc2C2CC2)n(-c2ccc(F)cc2C)n1. The summed E-state index contributed by atoms with van der Waals surface area (Å²) in [5.74, 6) is 0.733. The van der Waals surface area contributed by atoms with E-state index in [0.29, 0.717) is 34.6 Å². The van der Waals surface area contributed by atoms with Gasteiger partial charge >= 0.3 is 0 Å². The van der Waals surface area contributed by atoms with Crippen molar-refractivity contribution >= 4 is 11.9 Å². The summed E-state index contributed by atoms with van der Waals surface area (Å²) >= 11 is 0. The summed E-state index contributed by atoms with van der Waals surface area (Å²) in [6, 6.07) is 6.36. The van der Waals surface area contributed by atoms with Gasteiger partial charge in [0.1, 0.15) is 17.3 Å². The van der Waals surface area contributed by atoms with Gasteiger partial charge in [0, 0.05) is 6.20 Å². The zero-order chi connectivity index (χ0) is 17.6. The van der Waals surface area contributed by atoms with Gasteiger partial charge in [-0.05, 0) is 68.0 Å². The van der Waals surface area contributed by atoms with Gasteiger partial charge in [0.2, 0.25) is 5.95 Å². The number of aromatic amines is 1. The molecule has 2 N–H and O–H groups in total. The van der Waals surface area contributed by atoms with E-state index in [4.69, 9.17) is 0 Å². The first-order valence-electron chi connectivity index (χ1n) is 8.22. The molecule has 25 heavy (non-hydrogen) atoms. The van der Waals surface area contributed by atoms with E-state index in [2.05, 4.69) is 20.4 Å². The first-order valence-corrected chi connectivity index (χ1v) is 8.22. The summed E-state index contributed by atoms with van der Waals surface area (Å²) in [5.41, 5.74) is 2.98. The number of carbonyl (C=O) groups is 1. The number of carbonyl (C=O) groups excluding carboxylic acids is 1. The molecule has 0 unspecified atom stereocenters. The van der Waals surface area contributed by atoms with Crippen molar-refractivity contribution < 1.29 is 9.18 Å². The fourth-order valence-electron chi connectivity index (χ4n) is 3.00. The number of halogens is 1. The van der Waals surface area contributed by atoms with Gasteiger partial charge in [0.05, 0.1) is 5.69 Å². The van der Waals surface area contributed by atoms with Gasteiger partial charge in [-0.25, -0.2) is 4.39 Å². The van der Waals surface area contributed by atoms with E-state index >= 15 is 0 Å². The molecule has 3 aromatic rings. The molecule has 128 valence electrons. The molecule has 0 bridgehead atoms. The molecule has 0 atom stereocenters. The van der Waals surface area contributed by atoms with E-state index in [1.54, 1.807) is 26.1 Å². The van der Waals surface area contributed by atoms with Crippen molar-refractivity contribution in [3.8, 4) is 5.69 Å². The minimum Gasteiger partial charge on any atom is -0.357 e. The highest BCUT2D eigenvalue weighted by atomic mass is 19.1. The molecule has 2 heterocycles. The fourth-order valence-corrected chi connectivity index (χ4v) is 3.00. The highest BCUT2D eigenvalue weighted by molar-refractivity contribution is 6.03. The molecule has 1 fully saturated rings. The minimum absolute atomic E-state index is 0.250. The summed E-state index contributed by atoms with van der Waals surface area (Å²) < 4.78 is 14.9. The summed E-state index contributed by atoms with van der Waals surface area (Å²) in [5, 5.41) is 7.16. The molecule has 1 amide bonds. The van der Waals surface area contributed by atoms with Gasteiger partial charge in [-0.1, -0.05) is 0 Å². The monoisotopic (exact) mass is 339 g/mol. The molecule has 1 aliphatic carbocycles. The lowest BCUT2D eigenvalue weighted by Crippen LogP contribution is -2.18. The number of rotatable bonds is 4. The van der Waals surface area contributed by atoms with Crippen LogP contribution in [-0.4, -0.2) is 25.7 Å². The van der Waals surface area contributed by atoms with Crippen molar-refractivity contribution in [2.45, 2.75) is 32.6 Å². The number of benzene rings is 1. The number of hydrogen-bond acceptors (Lipinski definition) is 3. The Morgan fingerprint density at radius 2 is 2.12 bits per heavy atom. The van der Waals surface area contributed by atoms with Crippen LogP contribution in [0.4, 0.5) is 10.3 Å². The Bertz CT molecular complexity index is 954. The molecule has 0 radical (unpaired) electrons. The fraction of sp³-hybridized carbons (Fsp3) is 0.278. The van der Waals surface area contributed by atoms with Gasteiger partial charge in [-0.3, -0.25) is 10.1 Å². The lowest BCUT2D eigenvalue weighted by molar-refractivity contribution is 0.102. The van der Waals surface area contributed by atoms with Crippen LogP contribution in [0, 0.1) is 19.7 Å². The van der Waals surface area contributed by atoms with Crippen molar-refractivity contribution in [1.82, 2.24) is 19.7 Å². The molecule has 1 aliphatic rings. The van der Waals surface area contributed by atoms with Gasteiger partial charge in [0.15, 0.2) is 0 Å². The third-order valence-electron chi connectivity index (χ3n) is 4.35. The molecule has 4 rings (SSSR count). The van der Waals surface area contributed by atoms with Crippen molar-refractivity contribution in [1.29, 1.82) is 0 Å². The van der Waals surface area contributed by atoms with Crippen LogP contribution in [0.2, 0.25) is 0 Å². The number of amides is 1. The molecule has 0 saturated heterocycles. The van der Waals surface area contributed by atoms with Crippen molar-refractivity contribution in [3.63, 3.8) is 0 Å². The third-order valence-corrected chi connectivity index (χ3v) is 4.35. The van der Waals surface area contributed by atoms with Crippen LogP contribution in [0.15, 0.2) is 30.5 Å². The standard InChI is InChI=1S/C18H18FN5O/c1-10-9-13(19)5-6-15(10)24-18(21-11(2)23-24)22-17(25)16-14(7-8-20-16)12-3-4-12/h5-9,12,20H,3-4H2,1-2H3,(H,21,22,23,25). The minimum atomic E-state index is -0.316.